The first-order chi connectivity index (χ1) is 33.1. The van der Waals surface area contributed by atoms with Gasteiger partial charge < -0.3 is 42.6 Å². The number of benzene rings is 6. The third kappa shape index (κ3) is 15.7. The Kier molecular flexibility index (Phi) is 20.0. The van der Waals surface area contributed by atoms with Gasteiger partial charge in [0.1, 0.15) is 24.4 Å². The zero-order valence-corrected chi connectivity index (χ0v) is 38.5. The van der Waals surface area contributed by atoms with Gasteiger partial charge in [0, 0.05) is 19.4 Å². The van der Waals surface area contributed by atoms with Crippen molar-refractivity contribution < 1.29 is 42.6 Å². The molecule has 7 rings (SSSR count). The molecular weight excluding hydrogens is 841 g/mol. The lowest BCUT2D eigenvalue weighted by molar-refractivity contribution is -0.300. The van der Waals surface area contributed by atoms with Crippen LogP contribution in [0.3, 0.4) is 0 Å². The van der Waals surface area contributed by atoms with Crippen molar-refractivity contribution in [3.63, 3.8) is 0 Å². The fourth-order valence-corrected chi connectivity index (χ4v) is 8.19. The molecule has 67 heavy (non-hydrogen) atoms. The molecule has 1 aliphatic rings. The van der Waals surface area contributed by atoms with Crippen LogP contribution in [0.1, 0.15) is 39.8 Å². The van der Waals surface area contributed by atoms with E-state index in [0.29, 0.717) is 51.8 Å². The highest BCUT2D eigenvalue weighted by atomic mass is 16.7. The quantitative estimate of drug-likeness (QED) is 0.0353. The van der Waals surface area contributed by atoms with Crippen molar-refractivity contribution in [2.75, 3.05) is 20.3 Å². The second kappa shape index (κ2) is 27.2. The Hall–Kier alpha value is -5.72. The van der Waals surface area contributed by atoms with Crippen molar-refractivity contribution >= 4 is 0 Å². The summed E-state index contributed by atoms with van der Waals surface area (Å²) in [6.45, 7) is 11.3. The summed E-state index contributed by atoms with van der Waals surface area (Å²) in [5.74, 6) is 0.0449. The lowest BCUT2D eigenvalue weighted by atomic mass is 9.87. The molecular formula is C58H64O9. The molecule has 1 aliphatic heterocycles. The number of hydrogen-bond acceptors (Lipinski definition) is 9. The van der Waals surface area contributed by atoms with Crippen molar-refractivity contribution in [1.82, 2.24) is 0 Å². The average molecular weight is 905 g/mol. The maximum atomic E-state index is 6.98. The van der Waals surface area contributed by atoms with E-state index in [-0.39, 0.29) is 13.2 Å². The minimum atomic E-state index is -0.726. The fourth-order valence-electron chi connectivity index (χ4n) is 8.19. The van der Waals surface area contributed by atoms with Gasteiger partial charge in [0.2, 0.25) is 0 Å². The normalized spacial score (nSPS) is 19.5. The molecule has 0 aliphatic carbocycles. The van der Waals surface area contributed by atoms with Crippen LogP contribution in [0, 0.1) is 5.92 Å². The standard InChI is InChI=1S/C58H64O9/c1-4-52(62-38-47-27-15-7-16-28-47)56(64-40-49-31-19-9-20-32-49)53(42-60-36-45-23-11-5-12-24-45)66-44(2)35-51-55(63-39-48-29-17-8-18-30-48)57(65-41-50-33-21-10-22-34-50)54(67-58(51)59-3)43-61-37-46-25-13-6-14-26-46/h4-34,51-58H,1-2,35-43H2,3H3/t51-,52-,53-,54-,55-,56+,57-,58+/m1/s1. The molecule has 0 N–H and O–H groups in total. The molecule has 6 aromatic rings. The van der Waals surface area contributed by atoms with E-state index in [1.807, 2.05) is 170 Å². The van der Waals surface area contributed by atoms with Gasteiger partial charge in [-0.2, -0.15) is 0 Å². The van der Waals surface area contributed by atoms with Crippen LogP contribution in [-0.4, -0.2) is 63.2 Å². The Balaban J connectivity index is 1.17. The number of rotatable bonds is 28. The first kappa shape index (κ1) is 49.2. The largest absolute Gasteiger partial charge is 0.490 e. The van der Waals surface area contributed by atoms with E-state index < -0.39 is 48.8 Å². The monoisotopic (exact) mass is 904 g/mol. The third-order valence-electron chi connectivity index (χ3n) is 11.6. The van der Waals surface area contributed by atoms with Crippen LogP contribution in [0.5, 0.6) is 0 Å². The zero-order chi connectivity index (χ0) is 46.3. The summed E-state index contributed by atoms with van der Waals surface area (Å²) in [6, 6.07) is 60.4. The topological polar surface area (TPSA) is 83.1 Å². The second-order valence-corrected chi connectivity index (χ2v) is 16.6. The molecule has 9 nitrogen and oxygen atoms in total. The van der Waals surface area contributed by atoms with Crippen molar-refractivity contribution in [2.45, 2.75) is 89.0 Å². The summed E-state index contributed by atoms with van der Waals surface area (Å²) in [6.07, 6.45) is -2.22. The third-order valence-corrected chi connectivity index (χ3v) is 11.6. The second-order valence-electron chi connectivity index (χ2n) is 16.6. The van der Waals surface area contributed by atoms with E-state index >= 15 is 0 Å². The van der Waals surface area contributed by atoms with Crippen molar-refractivity contribution in [2.24, 2.45) is 5.92 Å². The Bertz CT molecular complexity index is 2260. The molecule has 6 aromatic carbocycles. The van der Waals surface area contributed by atoms with E-state index in [4.69, 9.17) is 42.6 Å². The van der Waals surface area contributed by atoms with Crippen molar-refractivity contribution in [1.29, 1.82) is 0 Å². The summed E-state index contributed by atoms with van der Waals surface area (Å²) < 4.78 is 60.0. The highest BCUT2D eigenvalue weighted by molar-refractivity contribution is 5.18. The van der Waals surface area contributed by atoms with Gasteiger partial charge in [-0.05, 0) is 33.4 Å². The number of ether oxygens (including phenoxy) is 9. The minimum absolute atomic E-state index is 0.166. The van der Waals surface area contributed by atoms with E-state index in [0.717, 1.165) is 33.4 Å². The van der Waals surface area contributed by atoms with Crippen LogP contribution in [0.2, 0.25) is 0 Å². The Morgan fingerprint density at radius 1 is 0.537 bits per heavy atom. The van der Waals surface area contributed by atoms with Gasteiger partial charge in [-0.1, -0.05) is 195 Å². The molecule has 8 atom stereocenters. The van der Waals surface area contributed by atoms with E-state index in [9.17, 15) is 0 Å². The molecule has 0 amide bonds. The predicted molar refractivity (Wildman–Crippen MR) is 260 cm³/mol. The SMILES string of the molecule is C=C[C@@H](OCc1ccccc1)[C@H](OCc1ccccc1)[C@@H](COCc1ccccc1)OC(=C)C[C@H]1[C@@H](OC)O[C@H](COCc2ccccc2)[C@@H](OCc2ccccc2)[C@@H]1OCc1ccccc1. The summed E-state index contributed by atoms with van der Waals surface area (Å²) in [4.78, 5) is 0. The maximum absolute atomic E-state index is 6.98. The number of hydrogen-bond donors (Lipinski definition) is 0. The van der Waals surface area contributed by atoms with Gasteiger partial charge in [0.05, 0.1) is 64.7 Å². The number of allylic oxidation sites excluding steroid dienone is 1. The fraction of sp³-hybridized carbons (Fsp3) is 0.310. The van der Waals surface area contributed by atoms with Crippen LogP contribution in [-0.2, 0) is 82.3 Å². The van der Waals surface area contributed by atoms with E-state index in [2.05, 4.69) is 25.3 Å². The summed E-state index contributed by atoms with van der Waals surface area (Å²) in [5, 5.41) is 0. The van der Waals surface area contributed by atoms with Gasteiger partial charge in [-0.15, -0.1) is 6.58 Å². The summed E-state index contributed by atoms with van der Waals surface area (Å²) in [7, 11) is 1.65. The van der Waals surface area contributed by atoms with Gasteiger partial charge in [-0.25, -0.2) is 0 Å². The van der Waals surface area contributed by atoms with Gasteiger partial charge >= 0.3 is 0 Å². The Labute approximate surface area is 396 Å². The van der Waals surface area contributed by atoms with Crippen LogP contribution >= 0.6 is 0 Å². The highest BCUT2D eigenvalue weighted by Crippen LogP contribution is 2.37. The average Bonchev–Trinajstić information content (AvgIpc) is 3.38. The maximum Gasteiger partial charge on any atom is 0.163 e. The van der Waals surface area contributed by atoms with Crippen LogP contribution in [0.4, 0.5) is 0 Å². The number of methoxy groups -OCH3 is 1. The molecule has 1 fully saturated rings. The van der Waals surface area contributed by atoms with Crippen LogP contribution < -0.4 is 0 Å². The molecule has 0 saturated carbocycles. The Morgan fingerprint density at radius 2 is 0.955 bits per heavy atom. The molecule has 1 heterocycles. The molecule has 0 aromatic heterocycles. The van der Waals surface area contributed by atoms with Crippen LogP contribution in [0.25, 0.3) is 0 Å². The van der Waals surface area contributed by atoms with Gasteiger partial charge in [0.25, 0.3) is 0 Å². The van der Waals surface area contributed by atoms with Crippen molar-refractivity contribution in [3.8, 4) is 0 Å². The molecule has 1 saturated heterocycles. The van der Waals surface area contributed by atoms with E-state index in [1.165, 1.54) is 0 Å². The lowest BCUT2D eigenvalue weighted by Gasteiger charge is -2.46. The van der Waals surface area contributed by atoms with Gasteiger partial charge in [0.15, 0.2) is 12.4 Å². The first-order valence-electron chi connectivity index (χ1n) is 23.1. The smallest absolute Gasteiger partial charge is 0.163 e. The Morgan fingerprint density at radius 3 is 1.42 bits per heavy atom. The highest BCUT2D eigenvalue weighted by Gasteiger charge is 2.48. The molecule has 0 spiro atoms. The van der Waals surface area contributed by atoms with Crippen molar-refractivity contribution in [3.05, 3.63) is 240 Å². The van der Waals surface area contributed by atoms with Crippen LogP contribution in [0.15, 0.2) is 207 Å². The summed E-state index contributed by atoms with van der Waals surface area (Å²) in [5.41, 5.74) is 6.17. The predicted octanol–water partition coefficient (Wildman–Crippen LogP) is 11.2. The molecule has 350 valence electrons. The molecule has 9 heteroatoms. The van der Waals surface area contributed by atoms with Gasteiger partial charge in [-0.3, -0.25) is 0 Å². The lowest BCUT2D eigenvalue weighted by Crippen LogP contribution is -2.58. The zero-order valence-electron chi connectivity index (χ0n) is 38.5. The summed E-state index contributed by atoms with van der Waals surface area (Å²) >= 11 is 0. The van der Waals surface area contributed by atoms with E-state index in [1.54, 1.807) is 13.2 Å². The minimum Gasteiger partial charge on any atom is -0.490 e. The molecule has 0 bridgehead atoms. The molecule has 0 unspecified atom stereocenters. The first-order valence-corrected chi connectivity index (χ1v) is 23.1. The molecule has 0 radical (unpaired) electrons.